The number of thiocarbonyl (C=S) groups is 1. The molecule has 66 valence electrons. The van der Waals surface area contributed by atoms with Gasteiger partial charge in [-0.05, 0) is 0 Å². The van der Waals surface area contributed by atoms with Gasteiger partial charge in [-0.25, -0.2) is 4.57 Å². The third kappa shape index (κ3) is 1.55. The Kier molecular flexibility index (Phi) is 2.61. The lowest BCUT2D eigenvalue weighted by molar-refractivity contribution is 0.321. The first kappa shape index (κ1) is 9.37. The van der Waals surface area contributed by atoms with Gasteiger partial charge < -0.3 is 15.3 Å². The molecule has 0 saturated heterocycles. The maximum Gasteiger partial charge on any atom is 0.199 e. The number of thiol groups is 1. The minimum absolute atomic E-state index is 0.0710. The molecule has 0 aromatic carbocycles. The lowest BCUT2D eigenvalue weighted by atomic mass is 10.6. The van der Waals surface area contributed by atoms with Crippen LogP contribution < -0.4 is 0 Å². The third-order valence-corrected chi connectivity index (χ3v) is 2.11. The van der Waals surface area contributed by atoms with Gasteiger partial charge in [-0.3, -0.25) is 0 Å². The van der Waals surface area contributed by atoms with Crippen molar-refractivity contribution >= 4 is 29.8 Å². The molecule has 0 aliphatic carbocycles. The van der Waals surface area contributed by atoms with Gasteiger partial charge in [-0.1, -0.05) is 12.2 Å². The summed E-state index contributed by atoms with van der Waals surface area (Å²) in [6, 6.07) is 2.52. The quantitative estimate of drug-likeness (QED) is 0.303. The molecule has 0 radical (unpaired) electrons. The first-order chi connectivity index (χ1) is 5.54. The Hall–Kier alpha value is -0.720. The van der Waals surface area contributed by atoms with Gasteiger partial charge >= 0.3 is 0 Å². The van der Waals surface area contributed by atoms with Crippen molar-refractivity contribution in [3.05, 3.63) is 12.1 Å². The largest absolute Gasteiger partial charge is 0.494 e. The fourth-order valence-corrected chi connectivity index (χ4v) is 1.06. The molecule has 1 unspecified atom stereocenters. The number of hydrogen-bond acceptors (Lipinski definition) is 5. The lowest BCUT2D eigenvalue weighted by Crippen LogP contribution is -2.19. The van der Waals surface area contributed by atoms with E-state index >= 15 is 0 Å². The van der Waals surface area contributed by atoms with Crippen LogP contribution in [0.1, 0.15) is 0 Å². The van der Waals surface area contributed by atoms with Gasteiger partial charge in [0.15, 0.2) is 11.8 Å². The minimum atomic E-state index is -1.19. The monoisotopic (exact) mass is 205 g/mol. The van der Waals surface area contributed by atoms with Gasteiger partial charge in [0.25, 0.3) is 0 Å². The molecule has 1 atom stereocenters. The summed E-state index contributed by atoms with van der Waals surface area (Å²) in [5, 5.41) is 27.2. The number of nitrogens with zero attached hydrogens (tertiary/aromatic N) is 1. The van der Waals surface area contributed by atoms with Crippen molar-refractivity contribution in [1.29, 1.82) is 0 Å². The summed E-state index contributed by atoms with van der Waals surface area (Å²) in [5.74, 6) is -0.462. The molecular formula is C6H7NO3S2. The average molecular weight is 205 g/mol. The molecule has 1 aromatic heterocycles. The van der Waals surface area contributed by atoms with Crippen LogP contribution in [0, 0.1) is 0 Å². The molecule has 1 aromatic rings. The second-order valence-electron chi connectivity index (χ2n) is 2.10. The molecule has 0 aliphatic rings. The van der Waals surface area contributed by atoms with Crippen LogP contribution in [0.5, 0.6) is 11.8 Å². The fourth-order valence-electron chi connectivity index (χ4n) is 0.757. The summed E-state index contributed by atoms with van der Waals surface area (Å²) >= 11 is 8.33. The van der Waals surface area contributed by atoms with Crippen LogP contribution in [0.4, 0.5) is 0 Å². The predicted octanol–water partition coefficient (Wildman–Crippen LogP) is 0.323. The van der Waals surface area contributed by atoms with Crippen LogP contribution in [0.15, 0.2) is 12.1 Å². The highest BCUT2D eigenvalue weighted by molar-refractivity contribution is 7.86. The van der Waals surface area contributed by atoms with E-state index < -0.39 is 5.44 Å². The summed E-state index contributed by atoms with van der Waals surface area (Å²) < 4.78 is 0.924. The van der Waals surface area contributed by atoms with E-state index in [0.717, 1.165) is 4.57 Å². The Morgan fingerprint density at radius 2 is 1.83 bits per heavy atom. The molecule has 6 heteroatoms. The molecule has 0 saturated carbocycles. The molecule has 0 aliphatic heterocycles. The molecule has 1 heterocycles. The summed E-state index contributed by atoms with van der Waals surface area (Å²) in [5.41, 5.74) is -1.19. The van der Waals surface area contributed by atoms with Crippen molar-refractivity contribution in [3.63, 3.8) is 0 Å². The number of hydrogen-bond donors (Lipinski definition) is 4. The molecule has 0 bridgehead atoms. The van der Waals surface area contributed by atoms with Crippen molar-refractivity contribution in [3.8, 4) is 11.8 Å². The van der Waals surface area contributed by atoms with Gasteiger partial charge in [0.1, 0.15) is 10.4 Å². The molecule has 4 nitrogen and oxygen atoms in total. The first-order valence-electron chi connectivity index (χ1n) is 3.04. The molecule has 0 amide bonds. The van der Waals surface area contributed by atoms with E-state index in [1.807, 2.05) is 0 Å². The highest BCUT2D eigenvalue weighted by Crippen LogP contribution is 2.22. The Balaban J connectivity index is 3.09. The van der Waals surface area contributed by atoms with Crippen LogP contribution in [0.3, 0.4) is 0 Å². The maximum absolute atomic E-state index is 9.12. The normalized spacial score (nSPS) is 12.8. The van der Waals surface area contributed by atoms with E-state index in [2.05, 4.69) is 24.8 Å². The predicted molar refractivity (Wildman–Crippen MR) is 50.8 cm³/mol. The van der Waals surface area contributed by atoms with E-state index in [-0.39, 0.29) is 16.7 Å². The second kappa shape index (κ2) is 3.34. The van der Waals surface area contributed by atoms with E-state index in [0.29, 0.717) is 0 Å². The number of aromatic nitrogens is 1. The molecule has 0 fully saturated rings. The van der Waals surface area contributed by atoms with Crippen molar-refractivity contribution in [2.45, 2.75) is 5.44 Å². The Bertz CT molecular complexity index is 288. The Labute approximate surface area is 79.5 Å². The first-order valence-corrected chi connectivity index (χ1v) is 3.96. The highest BCUT2D eigenvalue weighted by Gasteiger charge is 2.14. The smallest absolute Gasteiger partial charge is 0.199 e. The summed E-state index contributed by atoms with van der Waals surface area (Å²) in [6.07, 6.45) is 0. The lowest BCUT2D eigenvalue weighted by Gasteiger charge is -2.09. The van der Waals surface area contributed by atoms with E-state index in [9.17, 15) is 0 Å². The van der Waals surface area contributed by atoms with E-state index in [1.54, 1.807) is 0 Å². The summed E-state index contributed by atoms with van der Waals surface area (Å²) in [6.45, 7) is 0. The van der Waals surface area contributed by atoms with Crippen LogP contribution in [0.2, 0.25) is 0 Å². The van der Waals surface area contributed by atoms with E-state index in [4.69, 9.17) is 15.3 Å². The number of aliphatic hydroxyl groups excluding tert-OH is 1. The van der Waals surface area contributed by atoms with Crippen molar-refractivity contribution in [2.75, 3.05) is 0 Å². The zero-order valence-electron chi connectivity index (χ0n) is 5.88. The zero-order valence-corrected chi connectivity index (χ0v) is 7.59. The molecule has 12 heavy (non-hydrogen) atoms. The standard InChI is InChI=1S/C6H7NO3S2/c8-3-1-2-4(9)7(3)5(11)6(10)12/h1-2,6,8-10,12H. The van der Waals surface area contributed by atoms with Gasteiger partial charge in [0.2, 0.25) is 0 Å². The third-order valence-electron chi connectivity index (χ3n) is 1.28. The maximum atomic E-state index is 9.12. The molecular weight excluding hydrogens is 198 g/mol. The van der Waals surface area contributed by atoms with Crippen molar-refractivity contribution in [2.24, 2.45) is 0 Å². The fraction of sp³-hybridized carbons (Fsp3) is 0.167. The van der Waals surface area contributed by atoms with Crippen LogP contribution in [-0.4, -0.2) is 30.3 Å². The van der Waals surface area contributed by atoms with Gasteiger partial charge in [-0.15, -0.1) is 12.6 Å². The number of aromatic hydroxyl groups is 2. The Morgan fingerprint density at radius 3 is 2.17 bits per heavy atom. The molecule has 0 spiro atoms. The number of rotatable bonds is 1. The van der Waals surface area contributed by atoms with Gasteiger partial charge in [-0.2, -0.15) is 0 Å². The van der Waals surface area contributed by atoms with Crippen molar-refractivity contribution < 1.29 is 15.3 Å². The average Bonchev–Trinajstić information content (AvgIpc) is 2.30. The number of aliphatic hydroxyl groups is 1. The zero-order chi connectivity index (χ0) is 9.30. The topological polar surface area (TPSA) is 65.6 Å². The van der Waals surface area contributed by atoms with Gasteiger partial charge in [0.05, 0.1) is 0 Å². The van der Waals surface area contributed by atoms with Crippen LogP contribution >= 0.6 is 24.8 Å². The molecule has 3 N–H and O–H groups in total. The van der Waals surface area contributed by atoms with Crippen LogP contribution in [-0.2, 0) is 0 Å². The Morgan fingerprint density at radius 1 is 1.42 bits per heavy atom. The second-order valence-corrected chi connectivity index (χ2v) is 3.00. The van der Waals surface area contributed by atoms with Crippen LogP contribution in [0.25, 0.3) is 0 Å². The van der Waals surface area contributed by atoms with E-state index in [1.165, 1.54) is 12.1 Å². The summed E-state index contributed by atoms with van der Waals surface area (Å²) in [4.78, 5) is -0.0710. The van der Waals surface area contributed by atoms with Gasteiger partial charge in [0, 0.05) is 12.1 Å². The SMILES string of the molecule is Oc1ccc(O)n1C(=S)C(O)S. The highest BCUT2D eigenvalue weighted by atomic mass is 32.1. The minimum Gasteiger partial charge on any atom is -0.494 e. The van der Waals surface area contributed by atoms with Crippen molar-refractivity contribution in [1.82, 2.24) is 4.57 Å². The summed E-state index contributed by atoms with van der Waals surface area (Å²) in [7, 11) is 0. The molecule has 1 rings (SSSR count).